The van der Waals surface area contributed by atoms with Crippen LogP contribution in [0.5, 0.6) is 0 Å². The second kappa shape index (κ2) is 4.42. The molecule has 1 rings (SSSR count). The Bertz CT molecular complexity index is 388. The quantitative estimate of drug-likeness (QED) is 0.363. The first-order valence-corrected chi connectivity index (χ1v) is 4.70. The van der Waals surface area contributed by atoms with Gasteiger partial charge in [-0.05, 0) is 23.7 Å². The van der Waals surface area contributed by atoms with Gasteiger partial charge in [-0.2, -0.15) is 0 Å². The summed E-state index contributed by atoms with van der Waals surface area (Å²) in [4.78, 5) is 11.7. The van der Waals surface area contributed by atoms with Crippen molar-refractivity contribution in [3.63, 3.8) is 0 Å². The molecule has 80 valence electrons. The van der Waals surface area contributed by atoms with Gasteiger partial charge in [-0.1, -0.05) is 23.4 Å². The molecule has 0 heterocycles. The second-order valence-corrected chi connectivity index (χ2v) is 3.84. The van der Waals surface area contributed by atoms with Gasteiger partial charge in [0, 0.05) is 0 Å². The van der Waals surface area contributed by atoms with Gasteiger partial charge in [0.25, 0.3) is 5.17 Å². The number of para-hydroxylation sites is 1. The molecule has 0 atom stereocenters. The normalized spacial score (nSPS) is 12.6. The summed E-state index contributed by atoms with van der Waals surface area (Å²) in [5.41, 5.74) is 0.768. The Morgan fingerprint density at radius 3 is 2.33 bits per heavy atom. The molecule has 0 aliphatic rings. The molecule has 1 amide bonds. The standard InChI is InChI=1S/C10H11ClN2O2/c1-13(2,10(14)9(11)12-15)8-6-4-3-5-7-8/h3-7H,1-2H3/p+1. The monoisotopic (exact) mass is 227 g/mol. The van der Waals surface area contributed by atoms with Crippen molar-refractivity contribution in [2.75, 3.05) is 14.1 Å². The van der Waals surface area contributed by atoms with Crippen molar-refractivity contribution in [1.29, 1.82) is 0 Å². The Kier molecular flexibility index (Phi) is 3.44. The van der Waals surface area contributed by atoms with E-state index in [9.17, 15) is 4.79 Å². The highest BCUT2D eigenvalue weighted by atomic mass is 35.5. The van der Waals surface area contributed by atoms with Gasteiger partial charge in [0.1, 0.15) is 5.69 Å². The van der Waals surface area contributed by atoms with Crippen LogP contribution in [0, 0.1) is 0 Å². The number of carbonyl (C=O) groups excluding carboxylic acids is 1. The van der Waals surface area contributed by atoms with Gasteiger partial charge in [-0.25, -0.2) is 9.28 Å². The lowest BCUT2D eigenvalue weighted by molar-refractivity contribution is -0.121. The molecule has 5 heteroatoms. The Morgan fingerprint density at radius 2 is 1.87 bits per heavy atom. The van der Waals surface area contributed by atoms with Crippen LogP contribution in [0.25, 0.3) is 0 Å². The van der Waals surface area contributed by atoms with E-state index >= 15 is 0 Å². The average Bonchev–Trinajstić information content (AvgIpc) is 2.28. The third-order valence-corrected chi connectivity index (χ3v) is 2.41. The first-order valence-electron chi connectivity index (χ1n) is 4.32. The molecular weight excluding hydrogens is 216 g/mol. The fraction of sp³-hybridized carbons (Fsp3) is 0.200. The fourth-order valence-electron chi connectivity index (χ4n) is 1.19. The largest absolute Gasteiger partial charge is 0.409 e. The predicted molar refractivity (Wildman–Crippen MR) is 60.2 cm³/mol. The average molecular weight is 228 g/mol. The number of hydrogen-bond donors (Lipinski definition) is 1. The third-order valence-electron chi connectivity index (χ3n) is 2.17. The van der Waals surface area contributed by atoms with E-state index in [4.69, 9.17) is 16.8 Å². The van der Waals surface area contributed by atoms with E-state index < -0.39 is 11.1 Å². The lowest BCUT2D eigenvalue weighted by Gasteiger charge is -2.24. The van der Waals surface area contributed by atoms with Crippen molar-refractivity contribution < 1.29 is 10.0 Å². The van der Waals surface area contributed by atoms with Crippen molar-refractivity contribution in [3.05, 3.63) is 30.3 Å². The van der Waals surface area contributed by atoms with E-state index in [0.29, 0.717) is 0 Å². The van der Waals surface area contributed by atoms with E-state index in [1.54, 1.807) is 26.2 Å². The van der Waals surface area contributed by atoms with Crippen molar-refractivity contribution in [3.8, 4) is 0 Å². The van der Waals surface area contributed by atoms with Crippen LogP contribution in [0.4, 0.5) is 5.69 Å². The molecule has 0 saturated carbocycles. The maximum Gasteiger partial charge on any atom is 0.384 e. The number of rotatable bonds is 2. The molecule has 0 bridgehead atoms. The summed E-state index contributed by atoms with van der Waals surface area (Å²) in [6, 6.07) is 9.12. The molecule has 0 aromatic heterocycles. The summed E-state index contributed by atoms with van der Waals surface area (Å²) in [7, 11) is 3.34. The predicted octanol–water partition coefficient (Wildman–Crippen LogP) is 1.81. The fourth-order valence-corrected chi connectivity index (χ4v) is 1.40. The Labute approximate surface area is 93.0 Å². The van der Waals surface area contributed by atoms with Gasteiger partial charge in [-0.3, -0.25) is 0 Å². The highest BCUT2D eigenvalue weighted by molar-refractivity contribution is 6.83. The van der Waals surface area contributed by atoms with Gasteiger partial charge in [0.05, 0.1) is 14.1 Å². The van der Waals surface area contributed by atoms with Crippen LogP contribution in [0.1, 0.15) is 0 Å². The van der Waals surface area contributed by atoms with Gasteiger partial charge < -0.3 is 5.21 Å². The minimum absolute atomic E-state index is 0.0935. The first-order chi connectivity index (χ1) is 7.00. The SMILES string of the molecule is C[N+](C)(C(=O)C(Cl)=NO)c1ccccc1. The minimum Gasteiger partial charge on any atom is -0.409 e. The molecule has 4 nitrogen and oxygen atoms in total. The van der Waals surface area contributed by atoms with Crippen molar-refractivity contribution >= 4 is 28.4 Å². The van der Waals surface area contributed by atoms with Crippen molar-refractivity contribution in [1.82, 2.24) is 4.48 Å². The van der Waals surface area contributed by atoms with E-state index in [2.05, 4.69) is 5.16 Å². The summed E-state index contributed by atoms with van der Waals surface area (Å²) < 4.78 is -0.0935. The van der Waals surface area contributed by atoms with Crippen LogP contribution in [-0.4, -0.2) is 30.4 Å². The summed E-state index contributed by atoms with van der Waals surface area (Å²) in [5.74, 6) is -0.467. The molecule has 0 saturated heterocycles. The van der Waals surface area contributed by atoms with Crippen molar-refractivity contribution in [2.24, 2.45) is 5.16 Å². The maximum atomic E-state index is 11.7. The number of benzene rings is 1. The smallest absolute Gasteiger partial charge is 0.384 e. The maximum absolute atomic E-state index is 11.7. The Balaban J connectivity index is 3.09. The van der Waals surface area contributed by atoms with Crippen LogP contribution >= 0.6 is 11.6 Å². The minimum atomic E-state index is -0.467. The number of amides is 1. The van der Waals surface area contributed by atoms with Gasteiger partial charge in [0.15, 0.2) is 0 Å². The van der Waals surface area contributed by atoms with Crippen LogP contribution in [-0.2, 0) is 4.79 Å². The lowest BCUT2D eigenvalue weighted by atomic mass is 10.2. The van der Waals surface area contributed by atoms with Crippen LogP contribution in [0.3, 0.4) is 0 Å². The molecule has 0 aliphatic heterocycles. The molecule has 0 fully saturated rings. The second-order valence-electron chi connectivity index (χ2n) is 3.48. The zero-order valence-corrected chi connectivity index (χ0v) is 9.27. The highest BCUT2D eigenvalue weighted by Gasteiger charge is 2.33. The molecular formula is C10H12ClN2O2+. The van der Waals surface area contributed by atoms with Gasteiger partial charge in [-0.15, -0.1) is 0 Å². The number of nitrogens with zero attached hydrogens (tertiary/aromatic N) is 2. The van der Waals surface area contributed by atoms with E-state index in [1.807, 2.05) is 18.2 Å². The third kappa shape index (κ3) is 2.34. The molecule has 0 unspecified atom stereocenters. The lowest BCUT2D eigenvalue weighted by Crippen LogP contribution is -2.49. The zero-order chi connectivity index (χ0) is 11.5. The van der Waals surface area contributed by atoms with Gasteiger partial charge in [0.2, 0.25) is 0 Å². The molecule has 0 spiro atoms. The van der Waals surface area contributed by atoms with Gasteiger partial charge >= 0.3 is 5.91 Å². The van der Waals surface area contributed by atoms with E-state index in [0.717, 1.165) is 5.69 Å². The number of halogens is 1. The molecule has 15 heavy (non-hydrogen) atoms. The van der Waals surface area contributed by atoms with E-state index in [1.165, 1.54) is 0 Å². The highest BCUT2D eigenvalue weighted by Crippen LogP contribution is 2.19. The number of oxime groups is 1. The number of carbonyl (C=O) groups is 1. The summed E-state index contributed by atoms with van der Waals surface area (Å²) in [5, 5.41) is 10.7. The van der Waals surface area contributed by atoms with Crippen LogP contribution < -0.4 is 4.48 Å². The van der Waals surface area contributed by atoms with Crippen LogP contribution in [0.15, 0.2) is 35.5 Å². The summed E-state index contributed by atoms with van der Waals surface area (Å²) in [6.07, 6.45) is 0. The van der Waals surface area contributed by atoms with E-state index in [-0.39, 0.29) is 4.48 Å². The van der Waals surface area contributed by atoms with Crippen molar-refractivity contribution in [2.45, 2.75) is 0 Å². The topological polar surface area (TPSA) is 49.7 Å². The number of hydrogen-bond acceptors (Lipinski definition) is 3. The molecule has 1 aromatic carbocycles. The molecule has 1 aromatic rings. The first kappa shape index (κ1) is 11.7. The zero-order valence-electron chi connectivity index (χ0n) is 8.51. The summed E-state index contributed by atoms with van der Waals surface area (Å²) in [6.45, 7) is 0. The Morgan fingerprint density at radius 1 is 1.33 bits per heavy atom. The number of quaternary nitrogens is 1. The molecule has 1 N–H and O–H groups in total. The van der Waals surface area contributed by atoms with Crippen LogP contribution in [0.2, 0.25) is 0 Å². The Hall–Kier alpha value is -1.39. The molecule has 0 radical (unpaired) electrons. The summed E-state index contributed by atoms with van der Waals surface area (Å²) >= 11 is 5.48. The molecule has 0 aliphatic carbocycles.